The smallest absolute Gasteiger partial charge is 0.282 e. The third kappa shape index (κ3) is 3.97. The number of halogens is 2. The summed E-state index contributed by atoms with van der Waals surface area (Å²) in [5.74, 6) is -1.64. The first-order chi connectivity index (χ1) is 14.9. The first kappa shape index (κ1) is 20.8. The van der Waals surface area contributed by atoms with Gasteiger partial charge in [-0.25, -0.2) is 9.29 Å². The molecule has 0 atom stereocenters. The molecular formula is C25H20ClFN2O2. The highest BCUT2D eigenvalue weighted by molar-refractivity contribution is 6.46. The average molecular weight is 435 g/mol. The predicted octanol–water partition coefficient (Wildman–Crippen LogP) is 5.75. The van der Waals surface area contributed by atoms with E-state index in [0.29, 0.717) is 11.3 Å². The van der Waals surface area contributed by atoms with Gasteiger partial charge < -0.3 is 5.32 Å². The lowest BCUT2D eigenvalue weighted by Crippen LogP contribution is -2.32. The normalized spacial score (nSPS) is 13.9. The minimum Gasteiger partial charge on any atom is -0.350 e. The van der Waals surface area contributed by atoms with E-state index in [4.69, 9.17) is 11.6 Å². The topological polar surface area (TPSA) is 49.4 Å². The predicted molar refractivity (Wildman–Crippen MR) is 121 cm³/mol. The number of hydrogen-bond acceptors (Lipinski definition) is 3. The van der Waals surface area contributed by atoms with E-state index < -0.39 is 17.6 Å². The van der Waals surface area contributed by atoms with Crippen molar-refractivity contribution in [3.8, 4) is 0 Å². The van der Waals surface area contributed by atoms with Crippen molar-refractivity contribution in [2.75, 3.05) is 10.2 Å². The van der Waals surface area contributed by atoms with Crippen molar-refractivity contribution >= 4 is 40.4 Å². The van der Waals surface area contributed by atoms with Crippen molar-refractivity contribution < 1.29 is 14.0 Å². The van der Waals surface area contributed by atoms with E-state index in [-0.39, 0.29) is 22.0 Å². The molecule has 3 aromatic rings. The molecule has 4 nitrogen and oxygen atoms in total. The highest BCUT2D eigenvalue weighted by atomic mass is 35.5. The summed E-state index contributed by atoms with van der Waals surface area (Å²) in [5.41, 5.74) is 4.14. The van der Waals surface area contributed by atoms with E-state index in [1.807, 2.05) is 43.3 Å². The van der Waals surface area contributed by atoms with Gasteiger partial charge in [0, 0.05) is 5.69 Å². The number of carbonyl (C=O) groups is 2. The molecule has 2 amide bonds. The number of rotatable bonds is 5. The van der Waals surface area contributed by atoms with Gasteiger partial charge in [-0.05, 0) is 54.8 Å². The zero-order valence-electron chi connectivity index (χ0n) is 17.1. The van der Waals surface area contributed by atoms with Gasteiger partial charge in [0.05, 0.1) is 16.3 Å². The van der Waals surface area contributed by atoms with Crippen LogP contribution >= 0.6 is 11.6 Å². The Kier molecular flexibility index (Phi) is 5.61. The fraction of sp³-hybridized carbons (Fsp3) is 0.120. The molecule has 0 spiro atoms. The highest BCUT2D eigenvalue weighted by Gasteiger charge is 2.40. The maximum atomic E-state index is 13.6. The molecule has 0 saturated carbocycles. The molecule has 0 aromatic heterocycles. The van der Waals surface area contributed by atoms with Crippen LogP contribution in [0, 0.1) is 12.7 Å². The molecule has 6 heteroatoms. The quantitative estimate of drug-likeness (QED) is 0.520. The summed E-state index contributed by atoms with van der Waals surface area (Å²) in [5, 5.41) is 2.96. The highest BCUT2D eigenvalue weighted by Crippen LogP contribution is 2.35. The summed E-state index contributed by atoms with van der Waals surface area (Å²) < 4.78 is 13.6. The Balaban J connectivity index is 1.80. The van der Waals surface area contributed by atoms with Crippen LogP contribution in [0.15, 0.2) is 72.4 Å². The van der Waals surface area contributed by atoms with E-state index in [1.165, 1.54) is 12.1 Å². The van der Waals surface area contributed by atoms with Gasteiger partial charge in [0.15, 0.2) is 0 Å². The zero-order chi connectivity index (χ0) is 22.1. The number of hydrogen-bond donors (Lipinski definition) is 1. The molecule has 0 saturated heterocycles. The Labute approximate surface area is 185 Å². The van der Waals surface area contributed by atoms with Crippen LogP contribution in [0.3, 0.4) is 0 Å². The van der Waals surface area contributed by atoms with Crippen molar-refractivity contribution in [3.63, 3.8) is 0 Å². The van der Waals surface area contributed by atoms with Crippen LogP contribution in [0.5, 0.6) is 0 Å². The maximum Gasteiger partial charge on any atom is 0.282 e. The molecule has 0 aliphatic carbocycles. The number of nitrogens with one attached hydrogen (secondary N) is 1. The molecule has 156 valence electrons. The number of anilines is 2. The maximum absolute atomic E-state index is 13.6. The summed E-state index contributed by atoms with van der Waals surface area (Å²) in [6.07, 6.45) is 0.897. The SMILES string of the molecule is CCc1ccc(NC2=C(c3ccc(C)cc3)C(=O)N(c3ccc(F)c(Cl)c3)C2=O)cc1. The third-order valence-electron chi connectivity index (χ3n) is 5.22. The Morgan fingerprint density at radius 1 is 0.935 bits per heavy atom. The summed E-state index contributed by atoms with van der Waals surface area (Å²) in [6.45, 7) is 4.01. The monoisotopic (exact) mass is 434 g/mol. The summed E-state index contributed by atoms with van der Waals surface area (Å²) in [7, 11) is 0. The minimum atomic E-state index is -0.620. The second kappa shape index (κ2) is 8.36. The van der Waals surface area contributed by atoms with Crippen molar-refractivity contribution in [2.24, 2.45) is 0 Å². The van der Waals surface area contributed by atoms with E-state index in [9.17, 15) is 14.0 Å². The van der Waals surface area contributed by atoms with Crippen LogP contribution in [0.4, 0.5) is 15.8 Å². The Morgan fingerprint density at radius 2 is 1.61 bits per heavy atom. The van der Waals surface area contributed by atoms with Gasteiger partial charge in [-0.2, -0.15) is 0 Å². The number of nitrogens with zero attached hydrogens (tertiary/aromatic N) is 1. The molecule has 1 N–H and O–H groups in total. The Hall–Kier alpha value is -3.44. The third-order valence-corrected chi connectivity index (χ3v) is 5.51. The summed E-state index contributed by atoms with van der Waals surface area (Å²) in [6, 6.07) is 18.8. The number of imide groups is 1. The molecule has 4 rings (SSSR count). The second-order valence-corrected chi connectivity index (χ2v) is 7.74. The molecule has 1 aliphatic rings. The number of amides is 2. The van der Waals surface area contributed by atoms with Crippen LogP contribution in [0.25, 0.3) is 5.57 Å². The van der Waals surface area contributed by atoms with E-state index in [2.05, 4.69) is 12.2 Å². The van der Waals surface area contributed by atoms with Crippen molar-refractivity contribution in [3.05, 3.63) is 100.0 Å². The first-order valence-electron chi connectivity index (χ1n) is 9.90. The van der Waals surface area contributed by atoms with Gasteiger partial charge in [0.2, 0.25) is 0 Å². The standard InChI is InChI=1S/C25H20ClFN2O2/c1-3-16-6-10-18(11-7-16)28-23-22(17-8-4-15(2)5-9-17)24(30)29(25(23)31)19-12-13-21(27)20(26)14-19/h4-14,28H,3H2,1-2H3. The van der Waals surface area contributed by atoms with Gasteiger partial charge in [-0.15, -0.1) is 0 Å². The fourth-order valence-corrected chi connectivity index (χ4v) is 3.64. The van der Waals surface area contributed by atoms with Gasteiger partial charge in [0.25, 0.3) is 11.8 Å². The van der Waals surface area contributed by atoms with Crippen molar-refractivity contribution in [1.82, 2.24) is 0 Å². The van der Waals surface area contributed by atoms with Gasteiger partial charge in [-0.1, -0.05) is 60.5 Å². The van der Waals surface area contributed by atoms with Crippen molar-refractivity contribution in [2.45, 2.75) is 20.3 Å². The molecule has 0 radical (unpaired) electrons. The lowest BCUT2D eigenvalue weighted by atomic mass is 10.0. The minimum absolute atomic E-state index is 0.161. The van der Waals surface area contributed by atoms with E-state index in [1.54, 1.807) is 12.1 Å². The molecule has 0 unspecified atom stereocenters. The average Bonchev–Trinajstić information content (AvgIpc) is 3.01. The summed E-state index contributed by atoms with van der Waals surface area (Å²) in [4.78, 5) is 27.7. The molecular weight excluding hydrogens is 415 g/mol. The molecule has 0 bridgehead atoms. The largest absolute Gasteiger partial charge is 0.350 e. The van der Waals surface area contributed by atoms with Gasteiger partial charge in [-0.3, -0.25) is 9.59 Å². The second-order valence-electron chi connectivity index (χ2n) is 7.34. The molecule has 3 aromatic carbocycles. The number of carbonyl (C=O) groups excluding carboxylic acids is 2. The molecule has 1 heterocycles. The van der Waals surface area contributed by atoms with Crippen LogP contribution in [0.2, 0.25) is 5.02 Å². The van der Waals surface area contributed by atoms with Gasteiger partial charge in [0.1, 0.15) is 11.5 Å². The first-order valence-corrected chi connectivity index (χ1v) is 10.3. The van der Waals surface area contributed by atoms with Crippen LogP contribution in [-0.2, 0) is 16.0 Å². The van der Waals surface area contributed by atoms with Crippen LogP contribution in [0.1, 0.15) is 23.6 Å². The molecule has 0 fully saturated rings. The van der Waals surface area contributed by atoms with Crippen LogP contribution < -0.4 is 10.2 Å². The van der Waals surface area contributed by atoms with Crippen LogP contribution in [-0.4, -0.2) is 11.8 Å². The number of aryl methyl sites for hydroxylation is 2. The zero-order valence-corrected chi connectivity index (χ0v) is 17.8. The Bertz CT molecular complexity index is 1200. The van der Waals surface area contributed by atoms with Gasteiger partial charge >= 0.3 is 0 Å². The van der Waals surface area contributed by atoms with E-state index >= 15 is 0 Å². The number of benzene rings is 3. The molecule has 1 aliphatic heterocycles. The summed E-state index contributed by atoms with van der Waals surface area (Å²) >= 11 is 5.90. The van der Waals surface area contributed by atoms with E-state index in [0.717, 1.165) is 28.5 Å². The molecule has 31 heavy (non-hydrogen) atoms. The lowest BCUT2D eigenvalue weighted by Gasteiger charge is -2.16. The lowest BCUT2D eigenvalue weighted by molar-refractivity contribution is -0.120. The Morgan fingerprint density at radius 3 is 2.23 bits per heavy atom. The fourth-order valence-electron chi connectivity index (χ4n) is 3.46. The van der Waals surface area contributed by atoms with Crippen molar-refractivity contribution in [1.29, 1.82) is 0 Å².